The SMILES string of the molecule is O=S(=O)(c1ccccc1)N1CCN(Cc2nc(-c3cccs3)cs2)CC1. The van der Waals surface area contributed by atoms with Gasteiger partial charge in [-0.2, -0.15) is 4.31 Å². The molecule has 0 spiro atoms. The predicted molar refractivity (Wildman–Crippen MR) is 106 cm³/mol. The summed E-state index contributed by atoms with van der Waals surface area (Å²) in [5.74, 6) is 0. The van der Waals surface area contributed by atoms with E-state index in [0.29, 0.717) is 18.0 Å². The molecule has 1 fully saturated rings. The van der Waals surface area contributed by atoms with Gasteiger partial charge in [0.1, 0.15) is 5.01 Å². The monoisotopic (exact) mass is 405 g/mol. The maximum Gasteiger partial charge on any atom is 0.243 e. The van der Waals surface area contributed by atoms with Crippen molar-refractivity contribution in [1.29, 1.82) is 0 Å². The molecular formula is C18H19N3O2S3. The van der Waals surface area contributed by atoms with Crippen LogP contribution in [0.5, 0.6) is 0 Å². The van der Waals surface area contributed by atoms with Crippen LogP contribution < -0.4 is 0 Å². The fourth-order valence-corrected chi connectivity index (χ4v) is 6.02. The van der Waals surface area contributed by atoms with E-state index >= 15 is 0 Å². The van der Waals surface area contributed by atoms with Crippen LogP contribution in [0, 0.1) is 0 Å². The fraction of sp³-hybridized carbons (Fsp3) is 0.278. The van der Waals surface area contributed by atoms with Gasteiger partial charge in [-0.15, -0.1) is 22.7 Å². The summed E-state index contributed by atoms with van der Waals surface area (Å²) in [7, 11) is -3.39. The van der Waals surface area contributed by atoms with Gasteiger partial charge in [0, 0.05) is 31.6 Å². The molecule has 3 aromatic rings. The molecule has 8 heteroatoms. The average Bonchev–Trinajstić information content (AvgIpc) is 3.34. The number of hydrogen-bond acceptors (Lipinski definition) is 6. The first-order valence-electron chi connectivity index (χ1n) is 8.39. The number of thiophene rings is 1. The normalized spacial score (nSPS) is 16.8. The summed E-state index contributed by atoms with van der Waals surface area (Å²) >= 11 is 3.36. The first kappa shape index (κ1) is 17.8. The number of benzene rings is 1. The standard InChI is InChI=1S/C18H19N3O2S3/c22-26(23,15-5-2-1-3-6-15)21-10-8-20(9-11-21)13-18-19-16(14-25-18)17-7-4-12-24-17/h1-7,12,14H,8-11,13H2. The van der Waals surface area contributed by atoms with Gasteiger partial charge < -0.3 is 0 Å². The zero-order chi connectivity index (χ0) is 18.0. The second-order valence-electron chi connectivity index (χ2n) is 6.10. The van der Waals surface area contributed by atoms with Gasteiger partial charge >= 0.3 is 0 Å². The van der Waals surface area contributed by atoms with Crippen molar-refractivity contribution >= 4 is 32.7 Å². The summed E-state index contributed by atoms with van der Waals surface area (Å²) in [4.78, 5) is 8.55. The summed E-state index contributed by atoms with van der Waals surface area (Å²) in [6.45, 7) is 3.25. The number of sulfonamides is 1. The number of rotatable bonds is 5. The van der Waals surface area contributed by atoms with Crippen LogP contribution in [0.4, 0.5) is 0 Å². The zero-order valence-electron chi connectivity index (χ0n) is 14.1. The van der Waals surface area contributed by atoms with Crippen molar-refractivity contribution in [3.63, 3.8) is 0 Å². The van der Waals surface area contributed by atoms with Gasteiger partial charge in [-0.05, 0) is 23.6 Å². The van der Waals surface area contributed by atoms with E-state index < -0.39 is 10.0 Å². The molecule has 1 aliphatic heterocycles. The molecule has 0 unspecified atom stereocenters. The zero-order valence-corrected chi connectivity index (χ0v) is 16.6. The third-order valence-electron chi connectivity index (χ3n) is 4.40. The molecule has 4 rings (SSSR count). The van der Waals surface area contributed by atoms with Gasteiger partial charge in [-0.3, -0.25) is 4.90 Å². The number of aromatic nitrogens is 1. The Kier molecular flexibility index (Phi) is 5.19. The van der Waals surface area contributed by atoms with Crippen molar-refractivity contribution in [2.24, 2.45) is 0 Å². The molecule has 26 heavy (non-hydrogen) atoms. The van der Waals surface area contributed by atoms with Crippen LogP contribution in [0.15, 0.2) is 58.1 Å². The third-order valence-corrected chi connectivity index (χ3v) is 8.04. The summed E-state index contributed by atoms with van der Waals surface area (Å²) in [5, 5.41) is 5.23. The van der Waals surface area contributed by atoms with Crippen LogP contribution in [0.25, 0.3) is 10.6 Å². The Morgan fingerprint density at radius 2 is 1.73 bits per heavy atom. The quantitative estimate of drug-likeness (QED) is 0.653. The highest BCUT2D eigenvalue weighted by molar-refractivity contribution is 7.89. The van der Waals surface area contributed by atoms with Crippen molar-refractivity contribution in [3.05, 3.63) is 58.2 Å². The summed E-state index contributed by atoms with van der Waals surface area (Å²) in [6.07, 6.45) is 0. The number of hydrogen-bond donors (Lipinski definition) is 0. The van der Waals surface area contributed by atoms with E-state index in [-0.39, 0.29) is 0 Å². The van der Waals surface area contributed by atoms with E-state index in [0.717, 1.165) is 30.3 Å². The van der Waals surface area contributed by atoms with Crippen LogP contribution in [0.3, 0.4) is 0 Å². The molecule has 2 aromatic heterocycles. The topological polar surface area (TPSA) is 53.5 Å². The van der Waals surface area contributed by atoms with E-state index in [1.807, 2.05) is 12.1 Å². The molecule has 1 aromatic carbocycles. The van der Waals surface area contributed by atoms with E-state index in [9.17, 15) is 8.42 Å². The van der Waals surface area contributed by atoms with Crippen LogP contribution in [0.1, 0.15) is 5.01 Å². The lowest BCUT2D eigenvalue weighted by atomic mass is 10.3. The van der Waals surface area contributed by atoms with Gasteiger partial charge in [0.05, 0.1) is 22.0 Å². The maximum absolute atomic E-state index is 12.7. The van der Waals surface area contributed by atoms with Crippen LogP contribution in [0.2, 0.25) is 0 Å². The van der Waals surface area contributed by atoms with Crippen molar-refractivity contribution in [3.8, 4) is 10.6 Å². The van der Waals surface area contributed by atoms with Gasteiger partial charge in [0.15, 0.2) is 0 Å². The smallest absolute Gasteiger partial charge is 0.243 e. The molecule has 0 N–H and O–H groups in total. The summed E-state index contributed by atoms with van der Waals surface area (Å²) in [6, 6.07) is 12.8. The Balaban J connectivity index is 1.37. The van der Waals surface area contributed by atoms with Crippen LogP contribution >= 0.6 is 22.7 Å². The maximum atomic E-state index is 12.7. The lowest BCUT2D eigenvalue weighted by Gasteiger charge is -2.33. The second kappa shape index (κ2) is 7.58. The number of piperazine rings is 1. The molecule has 1 aliphatic rings. The van der Waals surface area contributed by atoms with Gasteiger partial charge in [0.25, 0.3) is 0 Å². The van der Waals surface area contributed by atoms with Gasteiger partial charge in [-0.1, -0.05) is 24.3 Å². The molecule has 0 atom stereocenters. The van der Waals surface area contributed by atoms with Crippen molar-refractivity contribution < 1.29 is 8.42 Å². The lowest BCUT2D eigenvalue weighted by Crippen LogP contribution is -2.48. The van der Waals surface area contributed by atoms with Crippen LogP contribution in [-0.2, 0) is 16.6 Å². The molecule has 1 saturated heterocycles. The molecule has 0 saturated carbocycles. The Morgan fingerprint density at radius 3 is 2.42 bits per heavy atom. The highest BCUT2D eigenvalue weighted by atomic mass is 32.2. The summed E-state index contributed by atoms with van der Waals surface area (Å²) in [5.41, 5.74) is 1.03. The molecule has 0 amide bonds. The summed E-state index contributed by atoms with van der Waals surface area (Å²) < 4.78 is 27.0. The van der Waals surface area contributed by atoms with E-state index in [1.165, 1.54) is 4.88 Å². The molecule has 0 radical (unpaired) electrons. The predicted octanol–water partition coefficient (Wildman–Crippen LogP) is 3.38. The Labute approximate surface area is 161 Å². The van der Waals surface area contributed by atoms with Gasteiger partial charge in [0.2, 0.25) is 10.0 Å². The molecule has 136 valence electrons. The lowest BCUT2D eigenvalue weighted by molar-refractivity contribution is 0.181. The first-order valence-corrected chi connectivity index (χ1v) is 11.6. The highest BCUT2D eigenvalue weighted by Gasteiger charge is 2.28. The molecule has 3 heterocycles. The minimum Gasteiger partial charge on any atom is -0.294 e. The van der Waals surface area contributed by atoms with E-state index in [1.54, 1.807) is 51.2 Å². The second-order valence-corrected chi connectivity index (χ2v) is 9.93. The average molecular weight is 406 g/mol. The fourth-order valence-electron chi connectivity index (χ4n) is 2.98. The Bertz CT molecular complexity index is 945. The number of thiazole rings is 1. The number of nitrogens with zero attached hydrogens (tertiary/aromatic N) is 3. The highest BCUT2D eigenvalue weighted by Crippen LogP contribution is 2.27. The third kappa shape index (κ3) is 3.74. The molecule has 0 bridgehead atoms. The van der Waals surface area contributed by atoms with Crippen LogP contribution in [-0.4, -0.2) is 48.8 Å². The van der Waals surface area contributed by atoms with Crippen molar-refractivity contribution in [1.82, 2.24) is 14.2 Å². The Hall–Kier alpha value is -1.58. The first-order chi connectivity index (χ1) is 12.6. The molecule has 5 nitrogen and oxygen atoms in total. The minimum atomic E-state index is -3.39. The largest absolute Gasteiger partial charge is 0.294 e. The van der Waals surface area contributed by atoms with Crippen molar-refractivity contribution in [2.75, 3.05) is 26.2 Å². The molecular weight excluding hydrogens is 386 g/mol. The van der Waals surface area contributed by atoms with Crippen molar-refractivity contribution in [2.45, 2.75) is 11.4 Å². The molecule has 0 aliphatic carbocycles. The Morgan fingerprint density at radius 1 is 0.962 bits per heavy atom. The minimum absolute atomic E-state index is 0.369. The van der Waals surface area contributed by atoms with E-state index in [2.05, 4.69) is 21.7 Å². The van der Waals surface area contributed by atoms with E-state index in [4.69, 9.17) is 4.98 Å². The van der Waals surface area contributed by atoms with Gasteiger partial charge in [-0.25, -0.2) is 13.4 Å².